The van der Waals surface area contributed by atoms with Crippen molar-refractivity contribution in [2.24, 2.45) is 0 Å². The third-order valence-corrected chi connectivity index (χ3v) is 3.34. The Balaban J connectivity index is 3.19. The number of nitrogens with one attached hydrogen (secondary N) is 1. The molecule has 0 spiro atoms. The van der Waals surface area contributed by atoms with Gasteiger partial charge in [-0.1, -0.05) is 0 Å². The van der Waals surface area contributed by atoms with E-state index in [-0.39, 0.29) is 13.1 Å². The first-order chi connectivity index (χ1) is 11.4. The Labute approximate surface area is 140 Å². The van der Waals surface area contributed by atoms with Gasteiger partial charge in [-0.25, -0.2) is 9.18 Å². The first kappa shape index (κ1) is 20.4. The summed E-state index contributed by atoms with van der Waals surface area (Å²) in [4.78, 5) is 35.1. The second kappa shape index (κ2) is 7.95. The summed E-state index contributed by atoms with van der Waals surface area (Å²) < 4.78 is 52.1. The summed E-state index contributed by atoms with van der Waals surface area (Å²) in [5.74, 6) is -4.30. The molecule has 0 saturated carbocycles. The molecule has 10 heteroatoms. The molecule has 0 aliphatic carbocycles. The Morgan fingerprint density at radius 1 is 1.28 bits per heavy atom. The number of carboxylic acid groups (broad SMARTS) is 1. The highest BCUT2D eigenvalue weighted by molar-refractivity contribution is 5.97. The van der Waals surface area contributed by atoms with Gasteiger partial charge in [-0.2, -0.15) is 13.2 Å². The van der Waals surface area contributed by atoms with Crippen molar-refractivity contribution in [1.82, 2.24) is 10.2 Å². The van der Waals surface area contributed by atoms with E-state index in [0.29, 0.717) is 23.1 Å². The minimum absolute atomic E-state index is 0.140. The maximum atomic E-state index is 13.9. The van der Waals surface area contributed by atoms with Crippen LogP contribution < -0.4 is 5.32 Å². The van der Waals surface area contributed by atoms with Crippen molar-refractivity contribution in [3.8, 4) is 0 Å². The molecule has 0 aliphatic heterocycles. The van der Waals surface area contributed by atoms with Gasteiger partial charge in [0.05, 0.1) is 11.1 Å². The van der Waals surface area contributed by atoms with E-state index in [1.165, 1.54) is 6.92 Å². The summed E-state index contributed by atoms with van der Waals surface area (Å²) in [5.41, 5.74) is -2.13. The van der Waals surface area contributed by atoms with Gasteiger partial charge in [0.25, 0.3) is 5.91 Å². The molecular formula is C15H16F4N2O4. The lowest BCUT2D eigenvalue weighted by Gasteiger charge is -2.27. The number of carboxylic acids is 1. The standard InChI is InChI=1S/C15H16F4N2O4/c1-8(14(24)25)21(6-5-20-9(2)22)13(23)11-7-10(15(17,18)19)3-4-12(11)16/h3-4,7-8H,5-6H2,1-2H3,(H,20,22)(H,24,25). The highest BCUT2D eigenvalue weighted by atomic mass is 19.4. The molecule has 0 aromatic heterocycles. The second-order valence-corrected chi connectivity index (χ2v) is 5.19. The predicted octanol–water partition coefficient (Wildman–Crippen LogP) is 1.90. The van der Waals surface area contributed by atoms with Crippen LogP contribution in [0.25, 0.3) is 0 Å². The van der Waals surface area contributed by atoms with Gasteiger partial charge in [-0.3, -0.25) is 9.59 Å². The van der Waals surface area contributed by atoms with Crippen LogP contribution in [0, 0.1) is 5.82 Å². The molecule has 0 saturated heterocycles. The van der Waals surface area contributed by atoms with E-state index in [9.17, 15) is 31.9 Å². The third kappa shape index (κ3) is 5.44. The zero-order valence-corrected chi connectivity index (χ0v) is 13.4. The molecule has 25 heavy (non-hydrogen) atoms. The quantitative estimate of drug-likeness (QED) is 0.755. The zero-order valence-electron chi connectivity index (χ0n) is 13.4. The molecule has 0 aliphatic rings. The molecule has 2 amide bonds. The van der Waals surface area contributed by atoms with E-state index in [0.717, 1.165) is 6.92 Å². The highest BCUT2D eigenvalue weighted by Crippen LogP contribution is 2.30. The van der Waals surface area contributed by atoms with Crippen LogP contribution in [0.4, 0.5) is 17.6 Å². The van der Waals surface area contributed by atoms with E-state index in [1.54, 1.807) is 0 Å². The lowest BCUT2D eigenvalue weighted by Crippen LogP contribution is -2.47. The summed E-state index contributed by atoms with van der Waals surface area (Å²) in [7, 11) is 0. The van der Waals surface area contributed by atoms with E-state index in [4.69, 9.17) is 5.11 Å². The van der Waals surface area contributed by atoms with Gasteiger partial charge in [0.15, 0.2) is 0 Å². The number of rotatable bonds is 6. The molecule has 1 aromatic carbocycles. The summed E-state index contributed by atoms with van der Waals surface area (Å²) in [6.45, 7) is 1.86. The molecular weight excluding hydrogens is 348 g/mol. The largest absolute Gasteiger partial charge is 0.480 e. The minimum Gasteiger partial charge on any atom is -0.480 e. The molecule has 1 atom stereocenters. The molecule has 2 N–H and O–H groups in total. The van der Waals surface area contributed by atoms with Crippen LogP contribution in [-0.2, 0) is 15.8 Å². The lowest BCUT2D eigenvalue weighted by molar-refractivity contribution is -0.142. The number of carbonyl (C=O) groups is 3. The number of hydrogen-bond donors (Lipinski definition) is 2. The van der Waals surface area contributed by atoms with Gasteiger partial charge >= 0.3 is 12.1 Å². The average Bonchev–Trinajstić information content (AvgIpc) is 2.49. The van der Waals surface area contributed by atoms with Crippen LogP contribution in [0.15, 0.2) is 18.2 Å². The van der Waals surface area contributed by atoms with E-state index in [1.807, 2.05) is 0 Å². The molecule has 0 heterocycles. The summed E-state index contributed by atoms with van der Waals surface area (Å²) in [6.07, 6.45) is -4.79. The Bertz CT molecular complexity index is 676. The first-order valence-corrected chi connectivity index (χ1v) is 7.10. The fraction of sp³-hybridized carbons (Fsp3) is 0.400. The van der Waals surface area contributed by atoms with Crippen molar-refractivity contribution < 1.29 is 37.1 Å². The molecule has 138 valence electrons. The Morgan fingerprint density at radius 3 is 2.36 bits per heavy atom. The normalized spacial score (nSPS) is 12.4. The Kier molecular flexibility index (Phi) is 6.49. The average molecular weight is 364 g/mol. The van der Waals surface area contributed by atoms with E-state index in [2.05, 4.69) is 5.32 Å². The number of alkyl halides is 3. The number of aliphatic carboxylic acids is 1. The number of halogens is 4. The van der Waals surface area contributed by atoms with Crippen molar-refractivity contribution in [3.05, 3.63) is 35.1 Å². The molecule has 0 fully saturated rings. The van der Waals surface area contributed by atoms with Crippen LogP contribution in [0.2, 0.25) is 0 Å². The smallest absolute Gasteiger partial charge is 0.416 e. The Hall–Kier alpha value is -2.65. The molecule has 0 bridgehead atoms. The lowest BCUT2D eigenvalue weighted by atomic mass is 10.1. The topological polar surface area (TPSA) is 86.7 Å². The van der Waals surface area contributed by atoms with Crippen molar-refractivity contribution >= 4 is 17.8 Å². The number of benzene rings is 1. The van der Waals surface area contributed by atoms with Gasteiger partial charge in [0.1, 0.15) is 11.9 Å². The maximum Gasteiger partial charge on any atom is 0.416 e. The fourth-order valence-electron chi connectivity index (χ4n) is 1.98. The van der Waals surface area contributed by atoms with Gasteiger partial charge in [-0.15, -0.1) is 0 Å². The Morgan fingerprint density at radius 2 is 1.88 bits per heavy atom. The van der Waals surface area contributed by atoms with Crippen molar-refractivity contribution in [1.29, 1.82) is 0 Å². The van der Waals surface area contributed by atoms with Crippen molar-refractivity contribution in [3.63, 3.8) is 0 Å². The molecule has 1 unspecified atom stereocenters. The van der Waals surface area contributed by atoms with Gasteiger partial charge in [0.2, 0.25) is 5.91 Å². The highest BCUT2D eigenvalue weighted by Gasteiger charge is 2.34. The van der Waals surface area contributed by atoms with E-state index >= 15 is 0 Å². The predicted molar refractivity (Wildman–Crippen MR) is 78.2 cm³/mol. The number of carbonyl (C=O) groups excluding carboxylic acids is 2. The number of amides is 2. The van der Waals surface area contributed by atoms with Crippen molar-refractivity contribution in [2.75, 3.05) is 13.1 Å². The van der Waals surface area contributed by atoms with Crippen molar-refractivity contribution in [2.45, 2.75) is 26.1 Å². The molecule has 6 nitrogen and oxygen atoms in total. The number of nitrogens with zero attached hydrogens (tertiary/aromatic N) is 1. The maximum absolute atomic E-state index is 13.9. The number of hydrogen-bond acceptors (Lipinski definition) is 3. The SMILES string of the molecule is CC(=O)NCCN(C(=O)c1cc(C(F)(F)F)ccc1F)C(C)C(=O)O. The van der Waals surface area contributed by atoms with Crippen LogP contribution in [0.1, 0.15) is 29.8 Å². The third-order valence-electron chi connectivity index (χ3n) is 3.34. The molecule has 1 rings (SSSR count). The summed E-state index contributed by atoms with van der Waals surface area (Å²) in [6, 6.07) is -0.130. The van der Waals surface area contributed by atoms with Crippen LogP contribution >= 0.6 is 0 Å². The van der Waals surface area contributed by atoms with Crippen LogP contribution in [0.3, 0.4) is 0 Å². The fourth-order valence-corrected chi connectivity index (χ4v) is 1.98. The minimum atomic E-state index is -4.79. The van der Waals surface area contributed by atoms with Gasteiger partial charge in [-0.05, 0) is 25.1 Å². The van der Waals surface area contributed by atoms with E-state index < -0.39 is 46.9 Å². The monoisotopic (exact) mass is 364 g/mol. The molecule has 1 aromatic rings. The first-order valence-electron chi connectivity index (χ1n) is 7.10. The van der Waals surface area contributed by atoms with Crippen LogP contribution in [0.5, 0.6) is 0 Å². The van der Waals surface area contributed by atoms with Gasteiger partial charge in [0, 0.05) is 20.0 Å². The van der Waals surface area contributed by atoms with Gasteiger partial charge < -0.3 is 15.3 Å². The summed E-state index contributed by atoms with van der Waals surface area (Å²) >= 11 is 0. The van der Waals surface area contributed by atoms with Crippen LogP contribution in [-0.4, -0.2) is 46.9 Å². The zero-order chi connectivity index (χ0) is 19.4. The second-order valence-electron chi connectivity index (χ2n) is 5.19. The molecule has 0 radical (unpaired) electrons. The summed E-state index contributed by atoms with van der Waals surface area (Å²) in [5, 5.41) is 11.4.